The Labute approximate surface area is 201 Å². The lowest BCUT2D eigenvalue weighted by Gasteiger charge is -2.45. The summed E-state index contributed by atoms with van der Waals surface area (Å²) in [6, 6.07) is 0.0791. The van der Waals surface area contributed by atoms with Gasteiger partial charge in [-0.2, -0.15) is 0 Å². The molecule has 2 rings (SSSR count). The van der Waals surface area contributed by atoms with Crippen LogP contribution in [0.4, 0.5) is 0 Å². The van der Waals surface area contributed by atoms with Crippen LogP contribution in [0.5, 0.6) is 0 Å². The van der Waals surface area contributed by atoms with Crippen molar-refractivity contribution in [1.82, 2.24) is 4.90 Å². The molecule has 0 aromatic carbocycles. The molecular formula is C27H49NO5. The highest BCUT2D eigenvalue weighted by Crippen LogP contribution is 2.44. The van der Waals surface area contributed by atoms with E-state index < -0.39 is 11.9 Å². The fraction of sp³-hybridized carbons (Fsp3) is 0.889. The number of hydrogen-bond acceptors (Lipinski definition) is 4. The maximum Gasteiger partial charge on any atom is 0.303 e. The smallest absolute Gasteiger partial charge is 0.303 e. The summed E-state index contributed by atoms with van der Waals surface area (Å²) in [4.78, 5) is 34.4. The highest BCUT2D eigenvalue weighted by atomic mass is 16.4. The number of unbranched alkanes of at least 4 members (excludes halogenated alkanes) is 7. The Morgan fingerprint density at radius 3 is 1.79 bits per heavy atom. The molecule has 1 aliphatic carbocycles. The van der Waals surface area contributed by atoms with E-state index in [1.165, 1.54) is 64.2 Å². The van der Waals surface area contributed by atoms with Crippen molar-refractivity contribution < 1.29 is 24.6 Å². The number of hydrogen-bond donors (Lipinski definition) is 2. The van der Waals surface area contributed by atoms with Gasteiger partial charge >= 0.3 is 11.9 Å². The van der Waals surface area contributed by atoms with Crippen molar-refractivity contribution >= 4 is 18.2 Å². The highest BCUT2D eigenvalue weighted by Gasteiger charge is 2.36. The number of carbonyl (C=O) groups is 3. The lowest BCUT2D eigenvalue weighted by atomic mass is 9.68. The second-order valence-corrected chi connectivity index (χ2v) is 10.2. The number of likely N-dealkylation sites (tertiary alicyclic amines) is 1. The van der Waals surface area contributed by atoms with Gasteiger partial charge in [0.15, 0.2) is 0 Å². The van der Waals surface area contributed by atoms with Crippen LogP contribution >= 0.6 is 0 Å². The summed E-state index contributed by atoms with van der Waals surface area (Å²) in [5.41, 5.74) is 0.596. The maximum absolute atomic E-state index is 11.5. The van der Waals surface area contributed by atoms with E-state index in [1.54, 1.807) is 0 Å². The van der Waals surface area contributed by atoms with E-state index >= 15 is 0 Å². The molecule has 1 aliphatic heterocycles. The largest absolute Gasteiger partial charge is 0.481 e. The van der Waals surface area contributed by atoms with E-state index in [0.29, 0.717) is 11.8 Å². The van der Waals surface area contributed by atoms with Gasteiger partial charge in [0.05, 0.1) is 6.04 Å². The fourth-order valence-electron chi connectivity index (χ4n) is 5.33. The molecule has 6 nitrogen and oxygen atoms in total. The van der Waals surface area contributed by atoms with Gasteiger partial charge in [-0.05, 0) is 63.5 Å². The Bertz CT molecular complexity index is 535. The molecule has 1 saturated heterocycles. The van der Waals surface area contributed by atoms with Crippen molar-refractivity contribution in [2.75, 3.05) is 13.1 Å². The summed E-state index contributed by atoms with van der Waals surface area (Å²) >= 11 is 0. The van der Waals surface area contributed by atoms with Gasteiger partial charge in [0.25, 0.3) is 0 Å². The molecule has 0 radical (unpaired) electrons. The molecule has 0 bridgehead atoms. The lowest BCUT2D eigenvalue weighted by molar-refractivity contribution is -0.138. The first-order valence-corrected chi connectivity index (χ1v) is 13.6. The topological polar surface area (TPSA) is 94.9 Å². The first-order valence-electron chi connectivity index (χ1n) is 13.6. The quantitative estimate of drug-likeness (QED) is 0.212. The molecule has 6 heteroatoms. The molecule has 1 spiro atoms. The van der Waals surface area contributed by atoms with Crippen LogP contribution in [0.3, 0.4) is 0 Å². The number of carboxylic acids is 2. The normalized spacial score (nSPS) is 18.8. The third kappa shape index (κ3) is 13.8. The Morgan fingerprint density at radius 2 is 1.30 bits per heavy atom. The van der Waals surface area contributed by atoms with E-state index in [0.717, 1.165) is 64.3 Å². The summed E-state index contributed by atoms with van der Waals surface area (Å²) in [6.07, 6.45) is 21.6. The van der Waals surface area contributed by atoms with Crippen molar-refractivity contribution in [2.24, 2.45) is 5.41 Å². The monoisotopic (exact) mass is 467 g/mol. The predicted molar refractivity (Wildman–Crippen MR) is 133 cm³/mol. The molecule has 0 aromatic heterocycles. The summed E-state index contributed by atoms with van der Waals surface area (Å²) in [7, 11) is 0. The number of carbonyl (C=O) groups excluding carboxylic acids is 1. The molecule has 2 N–H and O–H groups in total. The number of piperidine rings is 1. The van der Waals surface area contributed by atoms with Gasteiger partial charge in [-0.3, -0.25) is 14.5 Å². The van der Waals surface area contributed by atoms with Crippen LogP contribution in [0.25, 0.3) is 0 Å². The second kappa shape index (κ2) is 18.0. The third-order valence-electron chi connectivity index (χ3n) is 7.53. The van der Waals surface area contributed by atoms with Gasteiger partial charge in [-0.25, -0.2) is 0 Å². The highest BCUT2D eigenvalue weighted by molar-refractivity contribution is 5.66. The molecule has 2 aliphatic rings. The fourth-order valence-corrected chi connectivity index (χ4v) is 5.33. The summed E-state index contributed by atoms with van der Waals surface area (Å²) in [5.74, 6) is -1.38. The van der Waals surface area contributed by atoms with Crippen LogP contribution in [-0.4, -0.2) is 52.5 Å². The predicted octanol–water partition coefficient (Wildman–Crippen LogP) is 6.46. The van der Waals surface area contributed by atoms with Gasteiger partial charge in [0.1, 0.15) is 6.29 Å². The van der Waals surface area contributed by atoms with Gasteiger partial charge in [0, 0.05) is 12.8 Å². The Balaban J connectivity index is 0.000000461. The third-order valence-corrected chi connectivity index (χ3v) is 7.53. The molecule has 33 heavy (non-hydrogen) atoms. The summed E-state index contributed by atoms with van der Waals surface area (Å²) < 4.78 is 0. The van der Waals surface area contributed by atoms with Gasteiger partial charge in [-0.1, -0.05) is 71.1 Å². The van der Waals surface area contributed by atoms with Gasteiger partial charge in [0.2, 0.25) is 0 Å². The summed E-state index contributed by atoms with van der Waals surface area (Å²) in [5, 5.41) is 16.9. The first kappa shape index (κ1) is 29.6. The first-order chi connectivity index (χ1) is 15.9. The minimum atomic E-state index is -0.708. The lowest BCUT2D eigenvalue weighted by Crippen LogP contribution is -2.46. The Hall–Kier alpha value is -1.43. The van der Waals surface area contributed by atoms with Crippen LogP contribution < -0.4 is 0 Å². The zero-order valence-electron chi connectivity index (χ0n) is 21.1. The molecule has 0 aromatic rings. The van der Waals surface area contributed by atoms with Crippen LogP contribution in [-0.2, 0) is 14.4 Å². The minimum Gasteiger partial charge on any atom is -0.481 e. The Kier molecular flexibility index (Phi) is 16.1. The molecule has 192 valence electrons. The average molecular weight is 468 g/mol. The SMILES string of the molecule is CCCCCCCC(=O)O.O=CC(CCCCCCC(=O)O)N1CCC2(CCCCC2)CC1. The summed E-state index contributed by atoms with van der Waals surface area (Å²) in [6.45, 7) is 4.32. The van der Waals surface area contributed by atoms with Crippen molar-refractivity contribution in [2.45, 2.75) is 135 Å². The number of aldehydes is 1. The second-order valence-electron chi connectivity index (χ2n) is 10.2. The molecule has 1 unspecified atom stereocenters. The van der Waals surface area contributed by atoms with E-state index in [1.807, 2.05) is 0 Å². The van der Waals surface area contributed by atoms with Crippen molar-refractivity contribution in [3.63, 3.8) is 0 Å². The van der Waals surface area contributed by atoms with Crippen LogP contribution in [0, 0.1) is 5.41 Å². The molecule has 0 amide bonds. The van der Waals surface area contributed by atoms with Crippen LogP contribution in [0.2, 0.25) is 0 Å². The molecule has 1 heterocycles. The van der Waals surface area contributed by atoms with E-state index in [2.05, 4.69) is 11.8 Å². The molecule has 2 fully saturated rings. The zero-order valence-corrected chi connectivity index (χ0v) is 21.1. The molecule has 1 saturated carbocycles. The van der Waals surface area contributed by atoms with Crippen LogP contribution in [0.15, 0.2) is 0 Å². The Morgan fingerprint density at radius 1 is 0.788 bits per heavy atom. The zero-order chi connectivity index (χ0) is 24.4. The van der Waals surface area contributed by atoms with Crippen LogP contribution in [0.1, 0.15) is 129 Å². The van der Waals surface area contributed by atoms with E-state index in [4.69, 9.17) is 10.2 Å². The van der Waals surface area contributed by atoms with Gasteiger partial charge < -0.3 is 15.0 Å². The number of aliphatic carboxylic acids is 2. The molecular weight excluding hydrogens is 418 g/mol. The number of carboxylic acid groups (broad SMARTS) is 2. The van der Waals surface area contributed by atoms with E-state index in [-0.39, 0.29) is 12.5 Å². The van der Waals surface area contributed by atoms with Crippen molar-refractivity contribution in [3.05, 3.63) is 0 Å². The standard InChI is InChI=1S/C19H33NO3.C8H16O2/c21-16-17(8-4-1-2-5-9-18(22)23)20-14-12-19(13-15-20)10-6-3-7-11-19;1-2-3-4-5-6-7-8(9)10/h16-17H,1-15H2,(H,22,23);2-7H2,1H3,(H,9,10). The molecule has 1 atom stereocenters. The van der Waals surface area contributed by atoms with Crippen molar-refractivity contribution in [1.29, 1.82) is 0 Å². The number of rotatable bonds is 15. The number of nitrogens with zero attached hydrogens (tertiary/aromatic N) is 1. The van der Waals surface area contributed by atoms with Gasteiger partial charge in [-0.15, -0.1) is 0 Å². The maximum atomic E-state index is 11.5. The minimum absolute atomic E-state index is 0.0791. The van der Waals surface area contributed by atoms with E-state index in [9.17, 15) is 14.4 Å². The van der Waals surface area contributed by atoms with Crippen molar-refractivity contribution in [3.8, 4) is 0 Å². The average Bonchev–Trinajstić information content (AvgIpc) is 2.80.